The second kappa shape index (κ2) is 9.61. The van der Waals surface area contributed by atoms with E-state index in [1.165, 1.54) is 19.1 Å². The molecule has 1 fully saturated rings. The van der Waals surface area contributed by atoms with Gasteiger partial charge < -0.3 is 15.3 Å². The van der Waals surface area contributed by atoms with Crippen molar-refractivity contribution < 1.29 is 36.2 Å². The predicted octanol–water partition coefficient (Wildman–Crippen LogP) is 4.22. The van der Waals surface area contributed by atoms with Crippen molar-refractivity contribution in [3.05, 3.63) is 63.7 Å². The minimum atomic E-state index is -4.81. The summed E-state index contributed by atoms with van der Waals surface area (Å²) < 4.78 is 83.8. The second-order valence-corrected chi connectivity index (χ2v) is 9.65. The van der Waals surface area contributed by atoms with E-state index in [1.807, 2.05) is 6.92 Å². The fourth-order valence-electron chi connectivity index (χ4n) is 4.74. The maximum atomic E-state index is 14.8. The van der Waals surface area contributed by atoms with Crippen LogP contribution in [-0.2, 0) is 0 Å². The maximum Gasteiger partial charge on any atom is 0.408 e. The van der Waals surface area contributed by atoms with Crippen molar-refractivity contribution in [2.24, 2.45) is 0 Å². The topological polar surface area (TPSA) is 87.5 Å². The molecule has 0 bridgehead atoms. The SMILES string of the molecule is CCC(NC(=O)c1cn(-c2c(F)cc(F)cc2F)c2nc(N3C[C@@](C)(O)C[C@H]3C)ccc2c1=O)C(F)(F)F. The lowest BCUT2D eigenvalue weighted by atomic mass is 10.0. The van der Waals surface area contributed by atoms with Gasteiger partial charge in [-0.05, 0) is 38.8 Å². The molecule has 1 amide bonds. The highest BCUT2D eigenvalue weighted by Crippen LogP contribution is 2.32. The van der Waals surface area contributed by atoms with Gasteiger partial charge in [-0.25, -0.2) is 18.2 Å². The lowest BCUT2D eigenvalue weighted by molar-refractivity contribution is -0.153. The van der Waals surface area contributed by atoms with Crippen LogP contribution in [0.2, 0.25) is 0 Å². The predicted molar refractivity (Wildman–Crippen MR) is 127 cm³/mol. The molecule has 3 aromatic rings. The van der Waals surface area contributed by atoms with Crippen LogP contribution < -0.4 is 15.6 Å². The summed E-state index contributed by atoms with van der Waals surface area (Å²) in [6.07, 6.45) is -4.26. The van der Waals surface area contributed by atoms with E-state index in [2.05, 4.69) is 4.98 Å². The number of alkyl halides is 3. The Hall–Kier alpha value is -3.61. The van der Waals surface area contributed by atoms with E-state index in [4.69, 9.17) is 0 Å². The number of nitrogens with zero attached hydrogens (tertiary/aromatic N) is 3. The number of aromatic nitrogens is 2. The average molecular weight is 542 g/mol. The zero-order chi connectivity index (χ0) is 28.2. The summed E-state index contributed by atoms with van der Waals surface area (Å²) in [4.78, 5) is 32.1. The average Bonchev–Trinajstić information content (AvgIpc) is 3.09. The Balaban J connectivity index is 1.96. The number of anilines is 1. The summed E-state index contributed by atoms with van der Waals surface area (Å²) in [6, 6.07) is 0.907. The number of β-amino-alcohol motifs (C(OH)–C–C–N with tert-alkyl or cyclic N) is 1. The molecule has 0 spiro atoms. The third-order valence-corrected chi connectivity index (χ3v) is 6.48. The Bertz CT molecular complexity index is 1450. The van der Waals surface area contributed by atoms with Gasteiger partial charge in [-0.15, -0.1) is 0 Å². The number of halogens is 6. The zero-order valence-electron chi connectivity index (χ0n) is 20.5. The summed E-state index contributed by atoms with van der Waals surface area (Å²) in [5.74, 6) is -5.20. The molecule has 1 saturated heterocycles. The first kappa shape index (κ1) is 27.4. The number of carbonyl (C=O) groups excluding carboxylic acids is 1. The van der Waals surface area contributed by atoms with Gasteiger partial charge in [0.15, 0.2) is 17.3 Å². The zero-order valence-corrected chi connectivity index (χ0v) is 20.5. The molecular weight excluding hydrogens is 518 g/mol. The minimum absolute atomic E-state index is 0.159. The molecule has 3 atom stereocenters. The smallest absolute Gasteiger partial charge is 0.388 e. The van der Waals surface area contributed by atoms with Crippen molar-refractivity contribution in [3.8, 4) is 5.69 Å². The Morgan fingerprint density at radius 1 is 1.24 bits per heavy atom. The number of nitrogens with one attached hydrogen (secondary N) is 1. The molecule has 1 aliphatic heterocycles. The number of fused-ring (bicyclic) bond motifs is 1. The second-order valence-electron chi connectivity index (χ2n) is 9.65. The van der Waals surface area contributed by atoms with Crippen LogP contribution in [0.3, 0.4) is 0 Å². The van der Waals surface area contributed by atoms with E-state index in [1.54, 1.807) is 17.1 Å². The quantitative estimate of drug-likeness (QED) is 0.472. The van der Waals surface area contributed by atoms with Gasteiger partial charge in [0.1, 0.15) is 28.9 Å². The van der Waals surface area contributed by atoms with E-state index in [-0.39, 0.29) is 29.4 Å². The van der Waals surface area contributed by atoms with E-state index >= 15 is 0 Å². The minimum Gasteiger partial charge on any atom is -0.388 e. The number of pyridine rings is 2. The first-order chi connectivity index (χ1) is 17.6. The number of amides is 1. The summed E-state index contributed by atoms with van der Waals surface area (Å²) in [7, 11) is 0. The molecule has 3 heterocycles. The monoisotopic (exact) mass is 542 g/mol. The van der Waals surface area contributed by atoms with Gasteiger partial charge in [-0.2, -0.15) is 13.2 Å². The van der Waals surface area contributed by atoms with Gasteiger partial charge in [0.2, 0.25) is 5.43 Å². The highest BCUT2D eigenvalue weighted by atomic mass is 19.4. The Morgan fingerprint density at radius 2 is 1.87 bits per heavy atom. The third kappa shape index (κ3) is 5.06. The molecule has 204 valence electrons. The summed E-state index contributed by atoms with van der Waals surface area (Å²) in [5, 5.41) is 11.9. The summed E-state index contributed by atoms with van der Waals surface area (Å²) in [6.45, 7) is 4.78. The molecule has 0 aliphatic carbocycles. The molecule has 7 nitrogen and oxygen atoms in total. The van der Waals surface area contributed by atoms with Crippen LogP contribution in [0, 0.1) is 17.5 Å². The lowest BCUT2D eigenvalue weighted by Gasteiger charge is -2.24. The van der Waals surface area contributed by atoms with Crippen molar-refractivity contribution in [2.45, 2.75) is 57.5 Å². The number of rotatable bonds is 5. The van der Waals surface area contributed by atoms with Crippen LogP contribution in [0.4, 0.5) is 32.2 Å². The number of hydrogen-bond acceptors (Lipinski definition) is 5. The molecule has 1 aromatic carbocycles. The molecule has 0 radical (unpaired) electrons. The first-order valence-electron chi connectivity index (χ1n) is 11.7. The van der Waals surface area contributed by atoms with E-state index < -0.39 is 64.3 Å². The normalized spacial score (nSPS) is 20.7. The van der Waals surface area contributed by atoms with Crippen LogP contribution >= 0.6 is 0 Å². The summed E-state index contributed by atoms with van der Waals surface area (Å²) in [5.41, 5.74) is -4.11. The first-order valence-corrected chi connectivity index (χ1v) is 11.7. The number of benzene rings is 1. The van der Waals surface area contributed by atoms with Crippen molar-refractivity contribution in [1.29, 1.82) is 0 Å². The molecule has 1 aliphatic rings. The van der Waals surface area contributed by atoms with Crippen LogP contribution in [0.1, 0.15) is 44.0 Å². The van der Waals surface area contributed by atoms with Gasteiger partial charge in [0.05, 0.1) is 11.0 Å². The van der Waals surface area contributed by atoms with Crippen LogP contribution in [0.25, 0.3) is 16.7 Å². The van der Waals surface area contributed by atoms with Crippen molar-refractivity contribution in [1.82, 2.24) is 14.9 Å². The maximum absolute atomic E-state index is 14.8. The van der Waals surface area contributed by atoms with E-state index in [9.17, 15) is 41.0 Å². The van der Waals surface area contributed by atoms with E-state index in [0.717, 1.165) is 0 Å². The molecule has 1 unspecified atom stereocenters. The Kier molecular flexibility index (Phi) is 6.93. The standard InChI is InChI=1S/C25H24F6N4O3/c1-4-18(25(29,30)31)32-23(37)15-10-34(20-16(27)7-13(26)8-17(20)28)22-14(21(15)36)5-6-19(33-22)35-11-24(3,38)9-12(35)2/h5-8,10,12,18,38H,4,9,11H2,1-3H3,(H,32,37)/t12-,18?,24+/m1/s1. The van der Waals surface area contributed by atoms with Gasteiger partial charge in [0.25, 0.3) is 5.91 Å². The molecule has 13 heteroatoms. The fraction of sp³-hybridized carbons (Fsp3) is 0.400. The highest BCUT2D eigenvalue weighted by molar-refractivity contribution is 5.97. The number of aliphatic hydroxyl groups is 1. The van der Waals surface area contributed by atoms with Crippen LogP contribution in [0.15, 0.2) is 35.3 Å². The van der Waals surface area contributed by atoms with Crippen LogP contribution in [0.5, 0.6) is 0 Å². The van der Waals surface area contributed by atoms with Gasteiger partial charge in [0, 0.05) is 30.9 Å². The summed E-state index contributed by atoms with van der Waals surface area (Å²) >= 11 is 0. The molecule has 4 rings (SSSR count). The number of hydrogen-bond donors (Lipinski definition) is 2. The Morgan fingerprint density at radius 3 is 2.39 bits per heavy atom. The van der Waals surface area contributed by atoms with Gasteiger partial charge in [-0.1, -0.05) is 6.92 Å². The third-order valence-electron chi connectivity index (χ3n) is 6.48. The largest absolute Gasteiger partial charge is 0.408 e. The van der Waals surface area contributed by atoms with Crippen molar-refractivity contribution in [2.75, 3.05) is 11.4 Å². The van der Waals surface area contributed by atoms with Crippen LogP contribution in [-0.4, -0.2) is 51.0 Å². The van der Waals surface area contributed by atoms with Gasteiger partial charge in [-0.3, -0.25) is 14.2 Å². The van der Waals surface area contributed by atoms with Gasteiger partial charge >= 0.3 is 6.18 Å². The lowest BCUT2D eigenvalue weighted by Crippen LogP contribution is -2.46. The molecule has 38 heavy (non-hydrogen) atoms. The van der Waals surface area contributed by atoms with E-state index in [0.29, 0.717) is 29.3 Å². The van der Waals surface area contributed by atoms with Crippen molar-refractivity contribution in [3.63, 3.8) is 0 Å². The highest BCUT2D eigenvalue weighted by Gasteiger charge is 2.40. The number of carbonyl (C=O) groups is 1. The molecule has 2 aromatic heterocycles. The molecular formula is C25H24F6N4O3. The fourth-order valence-corrected chi connectivity index (χ4v) is 4.74. The molecule has 2 N–H and O–H groups in total. The van der Waals surface area contributed by atoms with Crippen molar-refractivity contribution >= 4 is 22.8 Å². The molecule has 0 saturated carbocycles. The Labute approximate surface area is 212 Å².